The van der Waals surface area contributed by atoms with Gasteiger partial charge in [-0.15, -0.1) is 0 Å². The second kappa shape index (κ2) is 6.62. The number of hydrogen-bond acceptors (Lipinski definition) is 5. The van der Waals surface area contributed by atoms with E-state index in [4.69, 9.17) is 15.4 Å². The Morgan fingerprint density at radius 3 is 2.57 bits per heavy atom. The van der Waals surface area contributed by atoms with Gasteiger partial charge in [0.1, 0.15) is 0 Å². The molecule has 118 valence electrons. The molecule has 1 N–H and O–H groups in total. The van der Waals surface area contributed by atoms with Crippen molar-refractivity contribution in [3.05, 3.63) is 24.3 Å². The van der Waals surface area contributed by atoms with Crippen LogP contribution in [-0.4, -0.2) is 36.6 Å². The smallest absolute Gasteiger partial charge is 0.261 e. The van der Waals surface area contributed by atoms with E-state index in [0.29, 0.717) is 13.2 Å². The normalized spacial score (nSPS) is 20.3. The number of halogens is 1. The van der Waals surface area contributed by atoms with Crippen molar-refractivity contribution in [1.82, 2.24) is 4.72 Å². The van der Waals surface area contributed by atoms with Crippen LogP contribution >= 0.6 is 10.7 Å². The van der Waals surface area contributed by atoms with Crippen LogP contribution in [0.3, 0.4) is 0 Å². The second-order valence-corrected chi connectivity index (χ2v) is 9.18. The SMILES string of the molecule is O=S(=O)(Cl)c1cccc(S(=O)(=O)NCC2CCCOC2)c1. The molecule has 9 heteroatoms. The van der Waals surface area contributed by atoms with Crippen LogP contribution in [0, 0.1) is 5.92 Å². The van der Waals surface area contributed by atoms with Crippen molar-refractivity contribution in [2.45, 2.75) is 22.6 Å². The van der Waals surface area contributed by atoms with E-state index in [-0.39, 0.29) is 22.3 Å². The fourth-order valence-electron chi connectivity index (χ4n) is 2.07. The molecular formula is C12H16ClNO5S2. The molecular weight excluding hydrogens is 338 g/mol. The molecule has 1 aromatic rings. The summed E-state index contributed by atoms with van der Waals surface area (Å²) in [6.07, 6.45) is 1.81. The summed E-state index contributed by atoms with van der Waals surface area (Å²) in [6, 6.07) is 4.96. The average molecular weight is 354 g/mol. The van der Waals surface area contributed by atoms with Crippen LogP contribution in [0.15, 0.2) is 34.1 Å². The molecule has 1 aliphatic heterocycles. The molecule has 1 aromatic carbocycles. The molecule has 21 heavy (non-hydrogen) atoms. The summed E-state index contributed by atoms with van der Waals surface area (Å²) in [6.45, 7) is 1.50. The lowest BCUT2D eigenvalue weighted by Gasteiger charge is -2.22. The van der Waals surface area contributed by atoms with Crippen LogP contribution in [-0.2, 0) is 23.8 Å². The third-order valence-electron chi connectivity index (χ3n) is 3.21. The third-order valence-corrected chi connectivity index (χ3v) is 5.99. The molecule has 1 heterocycles. The maximum Gasteiger partial charge on any atom is 0.261 e. The van der Waals surface area contributed by atoms with Gasteiger partial charge in [0, 0.05) is 23.8 Å². The minimum atomic E-state index is -3.96. The highest BCUT2D eigenvalue weighted by Gasteiger charge is 2.21. The minimum absolute atomic E-state index is 0.124. The molecule has 0 saturated carbocycles. The van der Waals surface area contributed by atoms with Crippen molar-refractivity contribution < 1.29 is 21.6 Å². The Kier molecular flexibility index (Phi) is 5.26. The highest BCUT2D eigenvalue weighted by Crippen LogP contribution is 2.19. The average Bonchev–Trinajstić information content (AvgIpc) is 2.46. The molecule has 0 radical (unpaired) electrons. The number of rotatable bonds is 5. The van der Waals surface area contributed by atoms with Gasteiger partial charge in [-0.25, -0.2) is 21.6 Å². The molecule has 0 aromatic heterocycles. The molecule has 1 unspecified atom stereocenters. The molecule has 0 aliphatic carbocycles. The van der Waals surface area contributed by atoms with Crippen LogP contribution in [0.1, 0.15) is 12.8 Å². The Morgan fingerprint density at radius 1 is 1.24 bits per heavy atom. The summed E-state index contributed by atoms with van der Waals surface area (Å²) in [7, 11) is -2.51. The summed E-state index contributed by atoms with van der Waals surface area (Å²) < 4.78 is 54.6. The number of nitrogens with one attached hydrogen (secondary N) is 1. The van der Waals surface area contributed by atoms with E-state index in [0.717, 1.165) is 18.9 Å². The Morgan fingerprint density at radius 2 is 1.95 bits per heavy atom. The molecule has 2 rings (SSSR count). The molecule has 0 spiro atoms. The first-order valence-corrected chi connectivity index (χ1v) is 10.2. The zero-order chi connectivity index (χ0) is 15.5. The van der Waals surface area contributed by atoms with Gasteiger partial charge < -0.3 is 4.74 Å². The Hall–Kier alpha value is -0.670. The van der Waals surface area contributed by atoms with Crippen molar-refractivity contribution >= 4 is 29.8 Å². The monoisotopic (exact) mass is 353 g/mol. The van der Waals surface area contributed by atoms with Gasteiger partial charge in [0.15, 0.2) is 0 Å². The van der Waals surface area contributed by atoms with E-state index in [9.17, 15) is 16.8 Å². The van der Waals surface area contributed by atoms with Crippen molar-refractivity contribution in [2.75, 3.05) is 19.8 Å². The van der Waals surface area contributed by atoms with Crippen molar-refractivity contribution in [3.63, 3.8) is 0 Å². The van der Waals surface area contributed by atoms with Crippen molar-refractivity contribution in [3.8, 4) is 0 Å². The summed E-state index contributed by atoms with van der Waals surface area (Å²) in [5.41, 5.74) is 0. The van der Waals surface area contributed by atoms with Crippen LogP contribution in [0.2, 0.25) is 0 Å². The van der Waals surface area contributed by atoms with Gasteiger partial charge in [0.05, 0.1) is 16.4 Å². The fourth-order valence-corrected chi connectivity index (χ4v) is 4.11. The first kappa shape index (κ1) is 16.7. The molecule has 1 fully saturated rings. The van der Waals surface area contributed by atoms with E-state index < -0.39 is 19.1 Å². The molecule has 1 saturated heterocycles. The third kappa shape index (κ3) is 4.65. The minimum Gasteiger partial charge on any atom is -0.381 e. The van der Waals surface area contributed by atoms with Crippen LogP contribution in [0.5, 0.6) is 0 Å². The zero-order valence-electron chi connectivity index (χ0n) is 11.2. The first-order valence-electron chi connectivity index (χ1n) is 6.41. The molecule has 0 amide bonds. The summed E-state index contributed by atoms with van der Waals surface area (Å²) in [5, 5.41) is 0. The Labute approximate surface area is 128 Å². The van der Waals surface area contributed by atoms with Crippen LogP contribution < -0.4 is 4.72 Å². The molecule has 0 bridgehead atoms. The number of benzene rings is 1. The van der Waals surface area contributed by atoms with Gasteiger partial charge in [0.25, 0.3) is 9.05 Å². The lowest BCUT2D eigenvalue weighted by atomic mass is 10.0. The van der Waals surface area contributed by atoms with Crippen molar-refractivity contribution in [2.24, 2.45) is 5.92 Å². The number of sulfonamides is 1. The predicted octanol–water partition coefficient (Wildman–Crippen LogP) is 1.32. The maximum absolute atomic E-state index is 12.2. The van der Waals surface area contributed by atoms with Gasteiger partial charge in [-0.1, -0.05) is 6.07 Å². The second-order valence-electron chi connectivity index (χ2n) is 4.85. The number of hydrogen-bond donors (Lipinski definition) is 1. The highest BCUT2D eigenvalue weighted by molar-refractivity contribution is 8.13. The number of ether oxygens (including phenoxy) is 1. The Balaban J connectivity index is 2.12. The fraction of sp³-hybridized carbons (Fsp3) is 0.500. The largest absolute Gasteiger partial charge is 0.381 e. The van der Waals surface area contributed by atoms with E-state index in [1.807, 2.05) is 0 Å². The maximum atomic E-state index is 12.2. The van der Waals surface area contributed by atoms with Gasteiger partial charge in [-0.2, -0.15) is 0 Å². The quantitative estimate of drug-likeness (QED) is 0.806. The lowest BCUT2D eigenvalue weighted by molar-refractivity contribution is 0.0568. The van der Waals surface area contributed by atoms with E-state index >= 15 is 0 Å². The zero-order valence-corrected chi connectivity index (χ0v) is 13.5. The van der Waals surface area contributed by atoms with E-state index in [2.05, 4.69) is 4.72 Å². The molecule has 1 atom stereocenters. The first-order chi connectivity index (χ1) is 9.79. The van der Waals surface area contributed by atoms with Gasteiger partial charge in [-0.05, 0) is 37.0 Å². The van der Waals surface area contributed by atoms with Gasteiger partial charge in [0.2, 0.25) is 10.0 Å². The Bertz CT molecular complexity index is 696. The van der Waals surface area contributed by atoms with E-state index in [1.54, 1.807) is 0 Å². The summed E-state index contributed by atoms with van der Waals surface area (Å²) >= 11 is 0. The molecule has 6 nitrogen and oxygen atoms in total. The predicted molar refractivity (Wildman–Crippen MR) is 78.2 cm³/mol. The molecule has 1 aliphatic rings. The van der Waals surface area contributed by atoms with Crippen LogP contribution in [0.25, 0.3) is 0 Å². The van der Waals surface area contributed by atoms with Gasteiger partial charge in [-0.3, -0.25) is 0 Å². The summed E-state index contributed by atoms with van der Waals surface area (Å²) in [4.78, 5) is -0.367. The standard InChI is InChI=1S/C12H16ClNO5S2/c13-20(15,16)11-4-1-5-12(7-11)21(17,18)14-8-10-3-2-6-19-9-10/h1,4-5,7,10,14H,2-3,6,8-9H2. The topological polar surface area (TPSA) is 89.5 Å². The van der Waals surface area contributed by atoms with E-state index in [1.165, 1.54) is 18.2 Å². The van der Waals surface area contributed by atoms with Crippen molar-refractivity contribution in [1.29, 1.82) is 0 Å². The highest BCUT2D eigenvalue weighted by atomic mass is 35.7. The van der Waals surface area contributed by atoms with Gasteiger partial charge >= 0.3 is 0 Å². The lowest BCUT2D eigenvalue weighted by Crippen LogP contribution is -2.33. The van der Waals surface area contributed by atoms with Crippen LogP contribution in [0.4, 0.5) is 0 Å². The summed E-state index contributed by atoms with van der Waals surface area (Å²) in [5.74, 6) is 0.133.